The summed E-state index contributed by atoms with van der Waals surface area (Å²) in [5.74, 6) is -0.516. The number of nitrogens with zero attached hydrogens (tertiary/aromatic N) is 3. The van der Waals surface area contributed by atoms with Gasteiger partial charge < -0.3 is 10.4 Å². The van der Waals surface area contributed by atoms with E-state index in [1.165, 1.54) is 18.2 Å². The second-order valence-electron chi connectivity index (χ2n) is 9.52. The van der Waals surface area contributed by atoms with Gasteiger partial charge in [-0.1, -0.05) is 12.1 Å². The zero-order chi connectivity index (χ0) is 30.1. The fourth-order valence-corrected chi connectivity index (χ4v) is 5.90. The third kappa shape index (κ3) is 5.82. The van der Waals surface area contributed by atoms with E-state index in [1.54, 1.807) is 0 Å². The molecule has 0 fully saturated rings. The fraction of sp³-hybridized carbons (Fsp3) is 0.333. The number of aliphatic hydroxyl groups is 1. The van der Waals surface area contributed by atoms with Crippen molar-refractivity contribution in [2.45, 2.75) is 42.8 Å². The molecule has 1 aliphatic heterocycles. The van der Waals surface area contributed by atoms with Crippen LogP contribution in [0.1, 0.15) is 48.4 Å². The molecule has 2 aromatic carbocycles. The van der Waals surface area contributed by atoms with Gasteiger partial charge in [-0.15, -0.1) is 0 Å². The molecule has 4 rings (SSSR count). The number of sulfone groups is 1. The van der Waals surface area contributed by atoms with Crippen molar-refractivity contribution in [2.24, 2.45) is 0 Å². The number of amides is 4. The lowest BCUT2D eigenvalue weighted by atomic mass is 9.83. The number of aliphatic hydroxyl groups excluding tert-OH is 1. The molecule has 2 N–H and O–H groups in total. The predicted molar refractivity (Wildman–Crippen MR) is 139 cm³/mol. The van der Waals surface area contributed by atoms with Crippen molar-refractivity contribution in [1.29, 1.82) is 5.26 Å². The molecule has 41 heavy (non-hydrogen) atoms. The maximum atomic E-state index is 14.1. The summed E-state index contributed by atoms with van der Waals surface area (Å²) < 4.78 is 66.4. The van der Waals surface area contributed by atoms with Crippen LogP contribution in [0, 0.1) is 11.3 Å². The number of hydrogen-bond acceptors (Lipinski definition) is 7. The zero-order valence-electron chi connectivity index (χ0n) is 21.7. The molecular formula is C27H25F3N4O6S. The molecule has 1 heterocycles. The van der Waals surface area contributed by atoms with Crippen LogP contribution in [0.25, 0.3) is 0 Å². The SMILES string of the molecule is CS(=O)(=O)c1cc(C#N)ccc1C1C2=C(CCCC2=O)N(c2cccc(C(F)(F)F)c2)C(=O)N1C(=O)NCCCO. The standard InChI is InChI=1S/C27H25F3N4O6S/c1-41(39,40)22-13-16(15-31)9-10-19(22)24-23-20(7-3-8-21(23)36)33(18-6-2-5-17(14-18)27(28,29)30)26(38)34(24)25(37)32-11-4-12-35/h2,5-6,9-10,13-14,24,35H,3-4,7-8,11-12H2,1H3,(H,32,37). The lowest BCUT2D eigenvalue weighted by Gasteiger charge is -2.44. The molecule has 2 aromatic rings. The van der Waals surface area contributed by atoms with Gasteiger partial charge in [-0.05, 0) is 55.2 Å². The number of carbonyl (C=O) groups is 3. The summed E-state index contributed by atoms with van der Waals surface area (Å²) >= 11 is 0. The predicted octanol–water partition coefficient (Wildman–Crippen LogP) is 4.06. The number of anilines is 1. The van der Waals surface area contributed by atoms with Crippen LogP contribution in [0.2, 0.25) is 0 Å². The second-order valence-corrected chi connectivity index (χ2v) is 11.5. The molecular weight excluding hydrogens is 565 g/mol. The van der Waals surface area contributed by atoms with E-state index in [2.05, 4.69) is 5.32 Å². The molecule has 0 saturated heterocycles. The highest BCUT2D eigenvalue weighted by Gasteiger charge is 2.48. The van der Waals surface area contributed by atoms with Crippen LogP contribution in [-0.2, 0) is 20.8 Å². The van der Waals surface area contributed by atoms with Gasteiger partial charge in [0.05, 0.1) is 27.8 Å². The molecule has 1 aliphatic carbocycles. The summed E-state index contributed by atoms with van der Waals surface area (Å²) in [5, 5.41) is 20.9. The van der Waals surface area contributed by atoms with Crippen LogP contribution < -0.4 is 10.2 Å². The van der Waals surface area contributed by atoms with Crippen LogP contribution in [-0.4, -0.2) is 55.7 Å². The van der Waals surface area contributed by atoms with E-state index in [9.17, 15) is 41.2 Å². The first-order chi connectivity index (χ1) is 19.3. The maximum Gasteiger partial charge on any atom is 0.416 e. The Labute approximate surface area is 233 Å². The monoisotopic (exact) mass is 590 g/mol. The maximum absolute atomic E-state index is 14.1. The molecule has 1 unspecified atom stereocenters. The van der Waals surface area contributed by atoms with E-state index >= 15 is 0 Å². The Bertz CT molecular complexity index is 1600. The van der Waals surface area contributed by atoms with Crippen LogP contribution >= 0.6 is 0 Å². The summed E-state index contributed by atoms with van der Waals surface area (Å²) in [5.41, 5.74) is -1.49. The molecule has 2 aliphatic rings. The van der Waals surface area contributed by atoms with E-state index in [0.29, 0.717) is 4.90 Å². The number of halogens is 3. The quantitative estimate of drug-likeness (QED) is 0.482. The van der Waals surface area contributed by atoms with E-state index < -0.39 is 45.5 Å². The van der Waals surface area contributed by atoms with Crippen molar-refractivity contribution in [1.82, 2.24) is 10.2 Å². The normalized spacial score (nSPS) is 17.8. The first kappa shape index (κ1) is 29.8. The van der Waals surface area contributed by atoms with Gasteiger partial charge in [0.15, 0.2) is 15.6 Å². The van der Waals surface area contributed by atoms with Gasteiger partial charge in [-0.25, -0.2) is 22.9 Å². The van der Waals surface area contributed by atoms with Gasteiger partial charge in [-0.3, -0.25) is 9.69 Å². The first-order valence-electron chi connectivity index (χ1n) is 12.5. The van der Waals surface area contributed by atoms with Crippen molar-refractivity contribution in [3.05, 3.63) is 70.4 Å². The van der Waals surface area contributed by atoms with Crippen molar-refractivity contribution in [2.75, 3.05) is 24.3 Å². The summed E-state index contributed by atoms with van der Waals surface area (Å²) in [6.45, 7) is -0.392. The fourth-order valence-electron chi connectivity index (χ4n) is 4.95. The van der Waals surface area contributed by atoms with Crippen LogP contribution in [0.3, 0.4) is 0 Å². The summed E-state index contributed by atoms with van der Waals surface area (Å²) in [4.78, 5) is 42.2. The summed E-state index contributed by atoms with van der Waals surface area (Å²) in [7, 11) is -4.07. The average molecular weight is 591 g/mol. The van der Waals surface area contributed by atoms with Crippen molar-refractivity contribution >= 4 is 33.4 Å². The van der Waals surface area contributed by atoms with Crippen molar-refractivity contribution < 1.29 is 41.1 Å². The number of Topliss-reactive ketones (excluding diaryl/α,β-unsaturated/α-hetero) is 1. The number of nitrogens with one attached hydrogen (secondary N) is 1. The highest BCUT2D eigenvalue weighted by Crippen LogP contribution is 2.46. The Balaban J connectivity index is 2.03. The number of allylic oxidation sites excluding steroid dienone is 1. The molecule has 0 bridgehead atoms. The summed E-state index contributed by atoms with van der Waals surface area (Å²) in [6.07, 6.45) is -3.42. The van der Waals surface area contributed by atoms with Gasteiger partial charge in [-0.2, -0.15) is 18.4 Å². The lowest BCUT2D eigenvalue weighted by molar-refractivity contribution is -0.137. The van der Waals surface area contributed by atoms with E-state index in [0.717, 1.165) is 35.4 Å². The minimum absolute atomic E-state index is 0.00951. The van der Waals surface area contributed by atoms with Gasteiger partial charge in [0.1, 0.15) is 6.04 Å². The Morgan fingerprint density at radius 1 is 1.17 bits per heavy atom. The Morgan fingerprint density at radius 2 is 1.90 bits per heavy atom. The van der Waals surface area contributed by atoms with E-state index in [4.69, 9.17) is 5.11 Å². The Kier molecular flexibility index (Phi) is 8.23. The smallest absolute Gasteiger partial charge is 0.396 e. The molecule has 0 saturated carbocycles. The second kappa shape index (κ2) is 11.3. The van der Waals surface area contributed by atoms with Gasteiger partial charge in [0, 0.05) is 37.1 Å². The third-order valence-corrected chi connectivity index (χ3v) is 7.88. The first-order valence-corrected chi connectivity index (χ1v) is 14.4. The number of benzene rings is 2. The zero-order valence-corrected chi connectivity index (χ0v) is 22.6. The molecule has 216 valence electrons. The molecule has 14 heteroatoms. The van der Waals surface area contributed by atoms with E-state index in [1.807, 2.05) is 6.07 Å². The molecule has 10 nitrogen and oxygen atoms in total. The van der Waals surface area contributed by atoms with Gasteiger partial charge >= 0.3 is 18.2 Å². The van der Waals surface area contributed by atoms with Crippen molar-refractivity contribution in [3.63, 3.8) is 0 Å². The van der Waals surface area contributed by atoms with Crippen molar-refractivity contribution in [3.8, 4) is 6.07 Å². The topological polar surface area (TPSA) is 148 Å². The number of nitriles is 1. The number of urea groups is 2. The number of alkyl halides is 3. The number of hydrogen-bond donors (Lipinski definition) is 2. The number of carbonyl (C=O) groups excluding carboxylic acids is 3. The average Bonchev–Trinajstić information content (AvgIpc) is 2.91. The molecule has 1 atom stereocenters. The van der Waals surface area contributed by atoms with Gasteiger partial charge in [0.2, 0.25) is 0 Å². The number of rotatable bonds is 6. The van der Waals surface area contributed by atoms with E-state index in [-0.39, 0.29) is 71.8 Å². The Morgan fingerprint density at radius 3 is 2.54 bits per heavy atom. The largest absolute Gasteiger partial charge is 0.416 e. The van der Waals surface area contributed by atoms with Crippen LogP contribution in [0.5, 0.6) is 0 Å². The van der Waals surface area contributed by atoms with Gasteiger partial charge in [0.25, 0.3) is 0 Å². The number of ketones is 1. The number of imide groups is 1. The highest BCUT2D eigenvalue weighted by atomic mass is 32.2. The molecule has 4 amide bonds. The highest BCUT2D eigenvalue weighted by molar-refractivity contribution is 7.90. The van der Waals surface area contributed by atoms with Crippen LogP contribution in [0.15, 0.2) is 58.6 Å². The lowest BCUT2D eigenvalue weighted by Crippen LogP contribution is -2.57. The summed E-state index contributed by atoms with van der Waals surface area (Å²) in [6, 6.07) is 5.59. The molecule has 0 aromatic heterocycles. The minimum atomic E-state index is -4.74. The van der Waals surface area contributed by atoms with Crippen LogP contribution in [0.4, 0.5) is 28.4 Å². The minimum Gasteiger partial charge on any atom is -0.396 e. The molecule has 0 radical (unpaired) electrons. The third-order valence-electron chi connectivity index (χ3n) is 6.73. The Hall–Kier alpha value is -4.22. The molecule has 0 spiro atoms.